The lowest BCUT2D eigenvalue weighted by Crippen LogP contribution is -2.26. The lowest BCUT2D eigenvalue weighted by molar-refractivity contribution is -0.122. The zero-order chi connectivity index (χ0) is 18.2. The Morgan fingerprint density at radius 1 is 0.923 bits per heavy atom. The maximum atomic E-state index is 11.7. The molecule has 1 atom stereocenters. The molecule has 1 aromatic rings. The van der Waals surface area contributed by atoms with E-state index in [2.05, 4.69) is 31.2 Å². The van der Waals surface area contributed by atoms with Gasteiger partial charge in [0.05, 0.1) is 6.61 Å². The Kier molecular flexibility index (Phi) is 7.58. The zero-order valence-corrected chi connectivity index (χ0v) is 16.6. The van der Waals surface area contributed by atoms with Crippen LogP contribution >= 0.6 is 0 Å². The minimum Gasteiger partial charge on any atom is -0.494 e. The number of unbranched alkanes of at least 4 members (excludes halogenated alkanes) is 3. The highest BCUT2D eigenvalue weighted by molar-refractivity contribution is 5.79. The second-order valence-electron chi connectivity index (χ2n) is 8.48. The molecule has 2 fully saturated rings. The predicted molar refractivity (Wildman–Crippen MR) is 108 cm³/mol. The summed E-state index contributed by atoms with van der Waals surface area (Å²) in [6, 6.07) is 8.86. The second-order valence-corrected chi connectivity index (χ2v) is 8.48. The van der Waals surface area contributed by atoms with Crippen LogP contribution in [-0.2, 0) is 4.79 Å². The molecule has 144 valence electrons. The largest absolute Gasteiger partial charge is 0.494 e. The fourth-order valence-corrected chi connectivity index (χ4v) is 4.94. The van der Waals surface area contributed by atoms with E-state index in [-0.39, 0.29) is 0 Å². The van der Waals surface area contributed by atoms with E-state index < -0.39 is 0 Å². The SMILES string of the molecule is CCCCCCOc1ccc(C2CCC(C3CCCC(=O)C3)CC2)cc1. The summed E-state index contributed by atoms with van der Waals surface area (Å²) in [5.41, 5.74) is 1.47. The van der Waals surface area contributed by atoms with Crippen LogP contribution in [0.2, 0.25) is 0 Å². The fraction of sp³-hybridized carbons (Fsp3) is 0.708. The van der Waals surface area contributed by atoms with Crippen molar-refractivity contribution in [2.45, 2.75) is 89.9 Å². The first-order valence-electron chi connectivity index (χ1n) is 11.0. The molecule has 0 aromatic heterocycles. The van der Waals surface area contributed by atoms with Gasteiger partial charge in [0.1, 0.15) is 11.5 Å². The molecule has 26 heavy (non-hydrogen) atoms. The van der Waals surface area contributed by atoms with Crippen molar-refractivity contribution in [1.82, 2.24) is 0 Å². The molecular formula is C24H36O2. The van der Waals surface area contributed by atoms with Crippen molar-refractivity contribution in [3.05, 3.63) is 29.8 Å². The van der Waals surface area contributed by atoms with Crippen LogP contribution in [0, 0.1) is 11.8 Å². The van der Waals surface area contributed by atoms with Crippen LogP contribution in [-0.4, -0.2) is 12.4 Å². The number of ketones is 1. The molecule has 2 heteroatoms. The quantitative estimate of drug-likeness (QED) is 0.486. The van der Waals surface area contributed by atoms with Crippen molar-refractivity contribution in [2.75, 3.05) is 6.61 Å². The monoisotopic (exact) mass is 356 g/mol. The third-order valence-corrected chi connectivity index (χ3v) is 6.58. The van der Waals surface area contributed by atoms with E-state index in [9.17, 15) is 4.79 Å². The van der Waals surface area contributed by atoms with Gasteiger partial charge in [0, 0.05) is 12.8 Å². The highest BCUT2D eigenvalue weighted by Crippen LogP contribution is 2.42. The topological polar surface area (TPSA) is 26.3 Å². The summed E-state index contributed by atoms with van der Waals surface area (Å²) in [4.78, 5) is 11.7. The summed E-state index contributed by atoms with van der Waals surface area (Å²) >= 11 is 0. The number of Topliss-reactive ketones (excluding diaryl/α,β-unsaturated/α-hetero) is 1. The van der Waals surface area contributed by atoms with Crippen molar-refractivity contribution >= 4 is 5.78 Å². The molecule has 2 aliphatic carbocycles. The molecule has 0 radical (unpaired) electrons. The van der Waals surface area contributed by atoms with E-state index in [1.807, 2.05) is 0 Å². The van der Waals surface area contributed by atoms with E-state index in [0.717, 1.165) is 44.0 Å². The molecule has 0 amide bonds. The number of ether oxygens (including phenoxy) is 1. The van der Waals surface area contributed by atoms with E-state index in [1.54, 1.807) is 0 Å². The molecule has 0 saturated heterocycles. The summed E-state index contributed by atoms with van der Waals surface area (Å²) in [6.07, 6.45) is 14.3. The van der Waals surface area contributed by atoms with Gasteiger partial charge in [-0.25, -0.2) is 0 Å². The highest BCUT2D eigenvalue weighted by atomic mass is 16.5. The first-order chi connectivity index (χ1) is 12.8. The van der Waals surface area contributed by atoms with Gasteiger partial charge in [0.2, 0.25) is 0 Å². The van der Waals surface area contributed by atoms with Gasteiger partial charge in [-0.05, 0) is 80.4 Å². The molecule has 0 N–H and O–H groups in total. The molecule has 0 heterocycles. The van der Waals surface area contributed by atoms with E-state index in [1.165, 1.54) is 56.9 Å². The number of rotatable bonds is 8. The van der Waals surface area contributed by atoms with Crippen LogP contribution in [0.15, 0.2) is 24.3 Å². The van der Waals surface area contributed by atoms with E-state index in [0.29, 0.717) is 17.6 Å². The zero-order valence-electron chi connectivity index (χ0n) is 16.6. The van der Waals surface area contributed by atoms with Crippen molar-refractivity contribution in [3.8, 4) is 5.75 Å². The third-order valence-electron chi connectivity index (χ3n) is 6.58. The Hall–Kier alpha value is -1.31. The van der Waals surface area contributed by atoms with E-state index >= 15 is 0 Å². The minimum absolute atomic E-state index is 0.508. The van der Waals surface area contributed by atoms with Gasteiger partial charge in [-0.2, -0.15) is 0 Å². The lowest BCUT2D eigenvalue weighted by Gasteiger charge is -2.35. The van der Waals surface area contributed by atoms with Crippen LogP contribution in [0.4, 0.5) is 0 Å². The summed E-state index contributed by atoms with van der Waals surface area (Å²) < 4.78 is 5.87. The maximum absolute atomic E-state index is 11.7. The normalized spacial score (nSPS) is 26.7. The number of carbonyl (C=O) groups is 1. The third kappa shape index (κ3) is 5.59. The smallest absolute Gasteiger partial charge is 0.133 e. The Morgan fingerprint density at radius 3 is 2.38 bits per heavy atom. The fourth-order valence-electron chi connectivity index (χ4n) is 4.94. The number of benzene rings is 1. The van der Waals surface area contributed by atoms with Gasteiger partial charge >= 0.3 is 0 Å². The maximum Gasteiger partial charge on any atom is 0.133 e. The van der Waals surface area contributed by atoms with Crippen LogP contribution in [0.3, 0.4) is 0 Å². The summed E-state index contributed by atoms with van der Waals surface area (Å²) in [5.74, 6) is 3.69. The molecule has 1 aromatic carbocycles. The molecule has 2 aliphatic rings. The van der Waals surface area contributed by atoms with Crippen LogP contribution in [0.1, 0.15) is 95.5 Å². The summed E-state index contributed by atoms with van der Waals surface area (Å²) in [5, 5.41) is 0. The molecule has 0 spiro atoms. The molecule has 0 aliphatic heterocycles. The molecule has 1 unspecified atom stereocenters. The Balaban J connectivity index is 1.42. The van der Waals surface area contributed by atoms with Gasteiger partial charge in [-0.1, -0.05) is 38.3 Å². The van der Waals surface area contributed by atoms with Gasteiger partial charge in [-0.15, -0.1) is 0 Å². The lowest BCUT2D eigenvalue weighted by atomic mass is 9.69. The van der Waals surface area contributed by atoms with E-state index in [4.69, 9.17) is 4.74 Å². The van der Waals surface area contributed by atoms with Crippen LogP contribution in [0.25, 0.3) is 0 Å². The van der Waals surface area contributed by atoms with Gasteiger partial charge in [0.25, 0.3) is 0 Å². The molecular weight excluding hydrogens is 320 g/mol. The standard InChI is InChI=1S/C24H36O2/c1-2-3-4-5-17-26-24-15-13-20(14-16-24)19-9-11-21(12-10-19)22-7-6-8-23(25)18-22/h13-16,19,21-22H,2-12,17-18H2,1H3. The summed E-state index contributed by atoms with van der Waals surface area (Å²) in [7, 11) is 0. The van der Waals surface area contributed by atoms with Crippen molar-refractivity contribution < 1.29 is 9.53 Å². The Morgan fingerprint density at radius 2 is 1.69 bits per heavy atom. The Bertz CT molecular complexity index is 540. The van der Waals surface area contributed by atoms with Crippen LogP contribution < -0.4 is 4.74 Å². The average molecular weight is 357 g/mol. The average Bonchev–Trinajstić information content (AvgIpc) is 2.68. The Labute approximate surface area is 159 Å². The van der Waals surface area contributed by atoms with Crippen molar-refractivity contribution in [3.63, 3.8) is 0 Å². The van der Waals surface area contributed by atoms with Crippen molar-refractivity contribution in [1.29, 1.82) is 0 Å². The molecule has 3 rings (SSSR count). The number of hydrogen-bond donors (Lipinski definition) is 0. The highest BCUT2D eigenvalue weighted by Gasteiger charge is 2.31. The van der Waals surface area contributed by atoms with Crippen LogP contribution in [0.5, 0.6) is 5.75 Å². The number of hydrogen-bond acceptors (Lipinski definition) is 2. The number of carbonyl (C=O) groups excluding carboxylic acids is 1. The van der Waals surface area contributed by atoms with Gasteiger partial charge < -0.3 is 4.74 Å². The predicted octanol–water partition coefficient (Wildman–Crippen LogP) is 6.68. The first kappa shape index (κ1) is 19.5. The van der Waals surface area contributed by atoms with Gasteiger partial charge in [0.15, 0.2) is 0 Å². The summed E-state index contributed by atoms with van der Waals surface area (Å²) in [6.45, 7) is 3.08. The second kappa shape index (κ2) is 10.1. The first-order valence-corrected chi connectivity index (χ1v) is 11.0. The van der Waals surface area contributed by atoms with Crippen molar-refractivity contribution in [2.24, 2.45) is 11.8 Å². The minimum atomic E-state index is 0.508. The molecule has 0 bridgehead atoms. The molecule has 2 saturated carbocycles. The van der Waals surface area contributed by atoms with Gasteiger partial charge in [-0.3, -0.25) is 4.79 Å². The molecule has 2 nitrogen and oxygen atoms in total.